The fourth-order valence-electron chi connectivity index (χ4n) is 3.67. The number of nitriles is 1. The molecule has 2 amide bonds. The first-order chi connectivity index (χ1) is 15.1. The van der Waals surface area contributed by atoms with Gasteiger partial charge in [0.05, 0.1) is 41.1 Å². The van der Waals surface area contributed by atoms with Gasteiger partial charge in [-0.2, -0.15) is 18.4 Å². The highest BCUT2D eigenvalue weighted by Crippen LogP contribution is 2.40. The molecule has 166 valence electrons. The Bertz CT molecular complexity index is 1120. The van der Waals surface area contributed by atoms with E-state index in [0.29, 0.717) is 11.1 Å². The molecule has 0 spiro atoms. The molecule has 0 saturated heterocycles. The summed E-state index contributed by atoms with van der Waals surface area (Å²) >= 11 is 0. The maximum absolute atomic E-state index is 13.3. The van der Waals surface area contributed by atoms with E-state index in [4.69, 9.17) is 5.26 Å². The average molecular weight is 445 g/mol. The number of benzene rings is 2. The van der Waals surface area contributed by atoms with Crippen molar-refractivity contribution < 1.29 is 33.0 Å². The Labute approximate surface area is 181 Å². The van der Waals surface area contributed by atoms with Crippen molar-refractivity contribution in [3.05, 3.63) is 76.5 Å². The standard InChI is InChI=1S/C22H18F3N3O4/c1-13-18(20(30)31)19(15-7-5-14(12-26)6-8-15)27(9-10-29)21(32)28(13)17-4-2-3-16(11-17)22(23,24)25/h2-8,11,19,29H,9-10H2,1H3,(H,30,31)/t19-/m1/s1. The van der Waals surface area contributed by atoms with Crippen LogP contribution in [0.2, 0.25) is 0 Å². The molecule has 10 heteroatoms. The molecule has 1 aliphatic heterocycles. The molecule has 7 nitrogen and oxygen atoms in total. The van der Waals surface area contributed by atoms with Gasteiger partial charge in [-0.25, -0.2) is 9.59 Å². The molecule has 0 radical (unpaired) electrons. The lowest BCUT2D eigenvalue weighted by molar-refractivity contribution is -0.137. The maximum Gasteiger partial charge on any atom is 0.416 e. The summed E-state index contributed by atoms with van der Waals surface area (Å²) in [6.45, 7) is 0.582. The number of alkyl halides is 3. The molecular weight excluding hydrogens is 427 g/mol. The first-order valence-electron chi connectivity index (χ1n) is 9.43. The normalized spacial score (nSPS) is 16.9. The van der Waals surface area contributed by atoms with Crippen LogP contribution in [-0.2, 0) is 11.0 Å². The van der Waals surface area contributed by atoms with Gasteiger partial charge in [0.25, 0.3) is 0 Å². The summed E-state index contributed by atoms with van der Waals surface area (Å²) in [7, 11) is 0. The first-order valence-corrected chi connectivity index (χ1v) is 9.43. The maximum atomic E-state index is 13.3. The second-order valence-electron chi connectivity index (χ2n) is 7.02. The largest absolute Gasteiger partial charge is 0.478 e. The van der Waals surface area contributed by atoms with Gasteiger partial charge >= 0.3 is 18.2 Å². The zero-order valence-corrected chi connectivity index (χ0v) is 16.8. The van der Waals surface area contributed by atoms with Gasteiger partial charge in [0.1, 0.15) is 0 Å². The molecule has 2 aromatic carbocycles. The Morgan fingerprint density at radius 2 is 1.84 bits per heavy atom. The number of carbonyl (C=O) groups is 2. The number of anilines is 1. The van der Waals surface area contributed by atoms with Gasteiger partial charge in [-0.15, -0.1) is 0 Å². The van der Waals surface area contributed by atoms with Gasteiger partial charge < -0.3 is 15.1 Å². The summed E-state index contributed by atoms with van der Waals surface area (Å²) in [5, 5.41) is 28.5. The summed E-state index contributed by atoms with van der Waals surface area (Å²) in [6, 6.07) is 9.98. The molecule has 32 heavy (non-hydrogen) atoms. The Morgan fingerprint density at radius 1 is 1.19 bits per heavy atom. The van der Waals surface area contributed by atoms with Crippen LogP contribution in [0.3, 0.4) is 0 Å². The quantitative estimate of drug-likeness (QED) is 0.726. The third-order valence-corrected chi connectivity index (χ3v) is 5.11. The van der Waals surface area contributed by atoms with E-state index in [9.17, 15) is 33.0 Å². The molecule has 0 fully saturated rings. The number of carbonyl (C=O) groups excluding carboxylic acids is 1. The number of rotatable bonds is 5. The summed E-state index contributed by atoms with van der Waals surface area (Å²) in [5.41, 5.74) is -0.720. The fraction of sp³-hybridized carbons (Fsp3) is 0.227. The lowest BCUT2D eigenvalue weighted by Gasteiger charge is -2.42. The van der Waals surface area contributed by atoms with Crippen LogP contribution in [0.5, 0.6) is 0 Å². The number of amides is 2. The topological polar surface area (TPSA) is 105 Å². The van der Waals surface area contributed by atoms with Crippen molar-refractivity contribution in [1.82, 2.24) is 4.90 Å². The number of allylic oxidation sites excluding steroid dienone is 1. The van der Waals surface area contributed by atoms with Gasteiger partial charge in [0.15, 0.2) is 0 Å². The molecule has 2 N–H and O–H groups in total. The van der Waals surface area contributed by atoms with Crippen molar-refractivity contribution in [3.8, 4) is 6.07 Å². The molecule has 2 aromatic rings. The van der Waals surface area contributed by atoms with Crippen molar-refractivity contribution >= 4 is 17.7 Å². The Kier molecular flexibility index (Phi) is 6.23. The first kappa shape index (κ1) is 22.8. The second-order valence-corrected chi connectivity index (χ2v) is 7.02. The van der Waals surface area contributed by atoms with E-state index in [0.717, 1.165) is 28.0 Å². The molecule has 1 heterocycles. The van der Waals surface area contributed by atoms with E-state index in [1.54, 1.807) is 0 Å². The van der Waals surface area contributed by atoms with Gasteiger partial charge in [-0.3, -0.25) is 4.90 Å². The van der Waals surface area contributed by atoms with E-state index in [1.807, 2.05) is 6.07 Å². The molecule has 0 aliphatic carbocycles. The van der Waals surface area contributed by atoms with E-state index >= 15 is 0 Å². The highest BCUT2D eigenvalue weighted by molar-refractivity contribution is 6.02. The average Bonchev–Trinajstić information content (AvgIpc) is 2.75. The fourth-order valence-corrected chi connectivity index (χ4v) is 3.67. The molecule has 1 atom stereocenters. The van der Waals surface area contributed by atoms with Crippen molar-refractivity contribution in [1.29, 1.82) is 5.26 Å². The van der Waals surface area contributed by atoms with E-state index in [1.165, 1.54) is 37.3 Å². The number of hydrogen-bond acceptors (Lipinski definition) is 4. The van der Waals surface area contributed by atoms with E-state index in [2.05, 4.69) is 0 Å². The third-order valence-electron chi connectivity index (χ3n) is 5.11. The zero-order chi connectivity index (χ0) is 23.6. The van der Waals surface area contributed by atoms with E-state index in [-0.39, 0.29) is 23.5 Å². The minimum Gasteiger partial charge on any atom is -0.478 e. The number of aliphatic carboxylic acids is 1. The van der Waals surface area contributed by atoms with E-state index < -0.39 is 36.4 Å². The lowest BCUT2D eigenvalue weighted by atomic mass is 9.92. The number of hydrogen-bond donors (Lipinski definition) is 2. The number of aliphatic hydroxyl groups is 1. The second kappa shape index (κ2) is 8.72. The summed E-state index contributed by atoms with van der Waals surface area (Å²) < 4.78 is 39.6. The zero-order valence-electron chi connectivity index (χ0n) is 16.8. The Morgan fingerprint density at radius 3 is 2.38 bits per heavy atom. The number of halogens is 3. The minimum atomic E-state index is -4.65. The van der Waals surface area contributed by atoms with Crippen LogP contribution in [-0.4, -0.2) is 40.3 Å². The van der Waals surface area contributed by atoms with Crippen molar-refractivity contribution in [2.45, 2.75) is 19.1 Å². The minimum absolute atomic E-state index is 0.0506. The SMILES string of the molecule is CC1=C(C(=O)O)[C@@H](c2ccc(C#N)cc2)N(CCO)C(=O)N1c1cccc(C(F)(F)F)c1. The molecule has 0 saturated carbocycles. The summed E-state index contributed by atoms with van der Waals surface area (Å²) in [5.74, 6) is -1.37. The van der Waals surface area contributed by atoms with Crippen LogP contribution in [0.1, 0.15) is 29.7 Å². The monoisotopic (exact) mass is 445 g/mol. The smallest absolute Gasteiger partial charge is 0.416 e. The summed E-state index contributed by atoms with van der Waals surface area (Å²) in [4.78, 5) is 27.5. The van der Waals surface area contributed by atoms with Crippen molar-refractivity contribution in [2.24, 2.45) is 0 Å². The van der Waals surface area contributed by atoms with Gasteiger partial charge in [-0.1, -0.05) is 18.2 Å². The molecular formula is C22H18F3N3O4. The number of nitrogens with zero attached hydrogens (tertiary/aromatic N) is 3. The van der Waals surface area contributed by atoms with Crippen LogP contribution in [0, 0.1) is 11.3 Å². The predicted molar refractivity (Wildman–Crippen MR) is 107 cm³/mol. The molecule has 1 aliphatic rings. The van der Waals surface area contributed by atoms with Crippen LogP contribution >= 0.6 is 0 Å². The number of β-amino-alcohol motifs (C(OH)–C–C–N with tert-alkyl or cyclic N) is 1. The Hall–Kier alpha value is -3.84. The number of urea groups is 1. The van der Waals surface area contributed by atoms with Crippen LogP contribution in [0.25, 0.3) is 0 Å². The Balaban J connectivity index is 2.22. The van der Waals surface area contributed by atoms with Gasteiger partial charge in [-0.05, 0) is 42.8 Å². The molecule has 0 aromatic heterocycles. The molecule has 0 unspecified atom stereocenters. The lowest BCUT2D eigenvalue weighted by Crippen LogP contribution is -2.51. The predicted octanol–water partition coefficient (Wildman–Crippen LogP) is 3.91. The summed E-state index contributed by atoms with van der Waals surface area (Å²) in [6.07, 6.45) is -4.65. The van der Waals surface area contributed by atoms with Crippen molar-refractivity contribution in [3.63, 3.8) is 0 Å². The number of carboxylic acid groups (broad SMARTS) is 1. The van der Waals surface area contributed by atoms with Crippen LogP contribution in [0.4, 0.5) is 23.7 Å². The van der Waals surface area contributed by atoms with Crippen LogP contribution in [0.15, 0.2) is 59.8 Å². The highest BCUT2D eigenvalue weighted by atomic mass is 19.4. The molecule has 0 bridgehead atoms. The van der Waals surface area contributed by atoms with Gasteiger partial charge in [0.2, 0.25) is 0 Å². The molecule has 3 rings (SSSR count). The number of carboxylic acids is 1. The highest BCUT2D eigenvalue weighted by Gasteiger charge is 2.42. The van der Waals surface area contributed by atoms with Gasteiger partial charge in [0, 0.05) is 12.2 Å². The third kappa shape index (κ3) is 4.15. The van der Waals surface area contributed by atoms with Crippen molar-refractivity contribution in [2.75, 3.05) is 18.1 Å². The number of aliphatic hydroxyl groups excluding tert-OH is 1. The van der Waals surface area contributed by atoms with Crippen LogP contribution < -0.4 is 4.90 Å².